The summed E-state index contributed by atoms with van der Waals surface area (Å²) >= 11 is 0. The van der Waals surface area contributed by atoms with E-state index in [0.29, 0.717) is 5.92 Å². The third kappa shape index (κ3) is 6.09. The van der Waals surface area contributed by atoms with Crippen LogP contribution in [-0.2, 0) is 4.74 Å². The number of halogens is 1. The summed E-state index contributed by atoms with van der Waals surface area (Å²) in [5.74, 6) is 0.472. The summed E-state index contributed by atoms with van der Waals surface area (Å²) < 4.78 is 4.88. The predicted octanol–water partition coefficient (Wildman–Crippen LogP) is 1.04. The van der Waals surface area contributed by atoms with E-state index < -0.39 is 0 Å². The van der Waals surface area contributed by atoms with Crippen LogP contribution in [-0.4, -0.2) is 19.8 Å². The SMILES string of the molecule is COC[C@@H](C)[C@H](C)N.Cl. The number of hydrogen-bond acceptors (Lipinski definition) is 2. The lowest BCUT2D eigenvalue weighted by Crippen LogP contribution is -2.27. The quantitative estimate of drug-likeness (QED) is 0.658. The molecule has 0 saturated heterocycles. The van der Waals surface area contributed by atoms with Crippen LogP contribution in [0.15, 0.2) is 0 Å². The van der Waals surface area contributed by atoms with Crippen LogP contribution in [0.5, 0.6) is 0 Å². The van der Waals surface area contributed by atoms with Crippen molar-refractivity contribution in [3.05, 3.63) is 0 Å². The molecule has 58 valence electrons. The van der Waals surface area contributed by atoms with E-state index >= 15 is 0 Å². The van der Waals surface area contributed by atoms with Gasteiger partial charge in [-0.15, -0.1) is 12.4 Å². The monoisotopic (exact) mass is 153 g/mol. The molecule has 3 heteroatoms. The standard InChI is InChI=1S/C6H15NO.ClH/c1-5(4-8-3)6(2)7;/h5-6H,4,7H2,1-3H3;1H/t5-,6+;/m1./s1. The molecule has 0 aromatic heterocycles. The van der Waals surface area contributed by atoms with Crippen LogP contribution in [0, 0.1) is 5.92 Å². The summed E-state index contributed by atoms with van der Waals surface area (Å²) in [6.07, 6.45) is 0. The zero-order chi connectivity index (χ0) is 6.57. The fourth-order valence-electron chi connectivity index (χ4n) is 0.415. The molecule has 0 heterocycles. The minimum absolute atomic E-state index is 0. The molecule has 0 spiro atoms. The van der Waals surface area contributed by atoms with Crippen molar-refractivity contribution < 1.29 is 4.74 Å². The van der Waals surface area contributed by atoms with Gasteiger partial charge in [-0.3, -0.25) is 0 Å². The van der Waals surface area contributed by atoms with E-state index in [1.165, 1.54) is 0 Å². The number of nitrogens with two attached hydrogens (primary N) is 1. The average Bonchev–Trinajstić information content (AvgIpc) is 1.67. The average molecular weight is 154 g/mol. The van der Waals surface area contributed by atoms with Gasteiger partial charge in [0.05, 0.1) is 6.61 Å². The molecule has 0 rings (SSSR count). The number of rotatable bonds is 3. The van der Waals surface area contributed by atoms with Gasteiger partial charge < -0.3 is 10.5 Å². The van der Waals surface area contributed by atoms with Crippen LogP contribution in [0.1, 0.15) is 13.8 Å². The van der Waals surface area contributed by atoms with Gasteiger partial charge in [0.2, 0.25) is 0 Å². The first-order chi connectivity index (χ1) is 3.68. The van der Waals surface area contributed by atoms with Gasteiger partial charge in [0.25, 0.3) is 0 Å². The maximum Gasteiger partial charge on any atom is 0.0502 e. The highest BCUT2D eigenvalue weighted by Crippen LogP contribution is 1.97. The van der Waals surface area contributed by atoms with Gasteiger partial charge in [-0.05, 0) is 12.8 Å². The van der Waals surface area contributed by atoms with E-state index in [1.807, 2.05) is 6.92 Å². The highest BCUT2D eigenvalue weighted by atomic mass is 35.5. The lowest BCUT2D eigenvalue weighted by molar-refractivity contribution is 0.150. The van der Waals surface area contributed by atoms with E-state index in [4.69, 9.17) is 10.5 Å². The van der Waals surface area contributed by atoms with Crippen LogP contribution in [0.2, 0.25) is 0 Å². The summed E-state index contributed by atoms with van der Waals surface area (Å²) in [5.41, 5.74) is 5.54. The second kappa shape index (κ2) is 6.33. The van der Waals surface area contributed by atoms with Crippen molar-refractivity contribution in [3.63, 3.8) is 0 Å². The predicted molar refractivity (Wildman–Crippen MR) is 41.9 cm³/mol. The molecular formula is C6H16ClNO. The van der Waals surface area contributed by atoms with Crippen molar-refractivity contribution in [2.24, 2.45) is 11.7 Å². The van der Waals surface area contributed by atoms with Crippen LogP contribution in [0.25, 0.3) is 0 Å². The molecule has 0 aliphatic rings. The van der Waals surface area contributed by atoms with E-state index in [1.54, 1.807) is 7.11 Å². The minimum atomic E-state index is 0. The molecule has 0 unspecified atom stereocenters. The Hall–Kier alpha value is 0.210. The number of methoxy groups -OCH3 is 1. The highest BCUT2D eigenvalue weighted by Gasteiger charge is 2.04. The van der Waals surface area contributed by atoms with Crippen LogP contribution in [0.3, 0.4) is 0 Å². The first-order valence-corrected chi connectivity index (χ1v) is 2.93. The Kier molecular flexibility index (Phi) is 8.40. The Morgan fingerprint density at radius 3 is 2.00 bits per heavy atom. The molecule has 0 aromatic rings. The van der Waals surface area contributed by atoms with Crippen LogP contribution < -0.4 is 5.73 Å². The van der Waals surface area contributed by atoms with Gasteiger partial charge in [-0.2, -0.15) is 0 Å². The Morgan fingerprint density at radius 2 is 1.89 bits per heavy atom. The highest BCUT2D eigenvalue weighted by molar-refractivity contribution is 5.85. The van der Waals surface area contributed by atoms with Gasteiger partial charge in [-0.25, -0.2) is 0 Å². The second-order valence-electron chi connectivity index (χ2n) is 2.29. The molecule has 2 atom stereocenters. The fourth-order valence-corrected chi connectivity index (χ4v) is 0.415. The first kappa shape index (κ1) is 11.9. The van der Waals surface area contributed by atoms with Gasteiger partial charge >= 0.3 is 0 Å². The first-order valence-electron chi connectivity index (χ1n) is 2.93. The summed E-state index contributed by atoms with van der Waals surface area (Å²) in [4.78, 5) is 0. The molecule has 0 aromatic carbocycles. The molecule has 2 nitrogen and oxygen atoms in total. The summed E-state index contributed by atoms with van der Waals surface area (Å²) in [5, 5.41) is 0. The zero-order valence-corrected chi connectivity index (χ0v) is 7.07. The number of ether oxygens (including phenoxy) is 1. The minimum Gasteiger partial charge on any atom is -0.384 e. The summed E-state index contributed by atoms with van der Waals surface area (Å²) in [6, 6.07) is 0.245. The topological polar surface area (TPSA) is 35.2 Å². The third-order valence-corrected chi connectivity index (χ3v) is 1.33. The van der Waals surface area contributed by atoms with Crippen LogP contribution in [0.4, 0.5) is 0 Å². The smallest absolute Gasteiger partial charge is 0.0502 e. The summed E-state index contributed by atoms with van der Waals surface area (Å²) in [6.45, 7) is 4.83. The molecule has 0 saturated carbocycles. The Balaban J connectivity index is 0. The molecule has 0 radical (unpaired) electrons. The largest absolute Gasteiger partial charge is 0.384 e. The fraction of sp³-hybridized carbons (Fsp3) is 1.00. The van der Waals surface area contributed by atoms with E-state index in [-0.39, 0.29) is 18.4 Å². The summed E-state index contributed by atoms with van der Waals surface area (Å²) in [7, 11) is 1.69. The van der Waals surface area contributed by atoms with Crippen molar-refractivity contribution in [3.8, 4) is 0 Å². The van der Waals surface area contributed by atoms with E-state index in [9.17, 15) is 0 Å². The lowest BCUT2D eigenvalue weighted by Gasteiger charge is -2.12. The van der Waals surface area contributed by atoms with Gasteiger partial charge in [0.1, 0.15) is 0 Å². The Bertz CT molecular complexity index is 59.0. The normalized spacial score (nSPS) is 16.0. The molecule has 0 fully saturated rings. The number of hydrogen-bond donors (Lipinski definition) is 1. The lowest BCUT2D eigenvalue weighted by atomic mass is 10.1. The molecule has 0 aliphatic carbocycles. The van der Waals surface area contributed by atoms with Gasteiger partial charge in [0, 0.05) is 13.2 Å². The van der Waals surface area contributed by atoms with Crippen molar-refractivity contribution >= 4 is 12.4 Å². The van der Waals surface area contributed by atoms with Gasteiger partial charge in [-0.1, -0.05) is 6.92 Å². The molecule has 0 aliphatic heterocycles. The molecule has 9 heavy (non-hydrogen) atoms. The van der Waals surface area contributed by atoms with Crippen molar-refractivity contribution in [1.82, 2.24) is 0 Å². The Labute approximate surface area is 63.2 Å². The molecule has 0 amide bonds. The van der Waals surface area contributed by atoms with Crippen LogP contribution >= 0.6 is 12.4 Å². The van der Waals surface area contributed by atoms with Gasteiger partial charge in [0.15, 0.2) is 0 Å². The Morgan fingerprint density at radius 1 is 1.44 bits per heavy atom. The van der Waals surface area contributed by atoms with Crippen molar-refractivity contribution in [2.75, 3.05) is 13.7 Å². The molecule has 2 N–H and O–H groups in total. The van der Waals surface area contributed by atoms with Crippen molar-refractivity contribution in [1.29, 1.82) is 0 Å². The molecular weight excluding hydrogens is 138 g/mol. The maximum absolute atomic E-state index is 5.54. The van der Waals surface area contributed by atoms with Crippen molar-refractivity contribution in [2.45, 2.75) is 19.9 Å². The zero-order valence-electron chi connectivity index (χ0n) is 6.26. The molecule has 0 bridgehead atoms. The third-order valence-electron chi connectivity index (χ3n) is 1.33. The van der Waals surface area contributed by atoms with E-state index in [0.717, 1.165) is 6.61 Å². The van der Waals surface area contributed by atoms with E-state index in [2.05, 4.69) is 6.92 Å². The maximum atomic E-state index is 5.54. The second-order valence-corrected chi connectivity index (χ2v) is 2.29.